The van der Waals surface area contributed by atoms with Crippen molar-refractivity contribution in [2.24, 2.45) is 5.92 Å². The van der Waals surface area contributed by atoms with E-state index in [4.69, 9.17) is 0 Å². The van der Waals surface area contributed by atoms with Crippen molar-refractivity contribution in [3.8, 4) is 0 Å². The van der Waals surface area contributed by atoms with Crippen LogP contribution in [0.15, 0.2) is 36.5 Å². The Labute approximate surface area is 174 Å². The number of hydrogen-bond acceptors (Lipinski definition) is 6. The summed E-state index contributed by atoms with van der Waals surface area (Å²) in [5.41, 5.74) is 1.71. The number of amides is 1. The van der Waals surface area contributed by atoms with Crippen molar-refractivity contribution in [3.05, 3.63) is 47.7 Å². The lowest BCUT2D eigenvalue weighted by Crippen LogP contribution is -2.29. The Morgan fingerprint density at radius 3 is 2.55 bits per heavy atom. The van der Waals surface area contributed by atoms with Gasteiger partial charge in [0.25, 0.3) is 5.91 Å². The monoisotopic (exact) mass is 398 g/mol. The number of carbonyl (C=O) groups is 1. The molecule has 0 spiro atoms. The fourth-order valence-corrected chi connectivity index (χ4v) is 2.73. The van der Waals surface area contributed by atoms with E-state index in [1.165, 1.54) is 5.56 Å². The van der Waals surface area contributed by atoms with Crippen LogP contribution in [0.25, 0.3) is 0 Å². The van der Waals surface area contributed by atoms with Gasteiger partial charge in [-0.25, -0.2) is 4.98 Å². The fraction of sp³-hybridized carbons (Fsp3) is 0.500. The average Bonchev–Trinajstić information content (AvgIpc) is 2.70. The van der Waals surface area contributed by atoms with Crippen LogP contribution in [0.3, 0.4) is 0 Å². The Morgan fingerprint density at radius 2 is 1.86 bits per heavy atom. The normalized spacial score (nSPS) is 11.0. The number of rotatable bonds is 12. The molecule has 0 aliphatic rings. The first-order valence-corrected chi connectivity index (χ1v) is 10.3. The summed E-state index contributed by atoms with van der Waals surface area (Å²) in [6.45, 7) is 7.21. The quantitative estimate of drug-likeness (QED) is 0.477. The number of aromatic nitrogens is 2. The van der Waals surface area contributed by atoms with Gasteiger partial charge in [0.05, 0.1) is 0 Å². The van der Waals surface area contributed by atoms with Gasteiger partial charge in [-0.2, -0.15) is 4.98 Å². The number of benzene rings is 1. The molecular weight excluding hydrogens is 364 g/mol. The fourth-order valence-electron chi connectivity index (χ4n) is 2.73. The van der Waals surface area contributed by atoms with Crippen LogP contribution < -0.4 is 16.0 Å². The summed E-state index contributed by atoms with van der Waals surface area (Å²) >= 11 is 0. The van der Waals surface area contributed by atoms with E-state index in [0.29, 0.717) is 36.3 Å². The van der Waals surface area contributed by atoms with Crippen LogP contribution in [0, 0.1) is 5.92 Å². The number of nitrogens with one attached hydrogen (secondary N) is 3. The SMILES string of the molecule is CC(C)CNC(=O)c1cnc(NCCCN(C)C)nc1NCCc1ccccc1. The summed E-state index contributed by atoms with van der Waals surface area (Å²) in [5.74, 6) is 1.32. The second-order valence-electron chi connectivity index (χ2n) is 7.81. The maximum atomic E-state index is 12.6. The molecule has 0 aliphatic carbocycles. The van der Waals surface area contributed by atoms with Crippen LogP contribution in [0.4, 0.5) is 11.8 Å². The summed E-state index contributed by atoms with van der Waals surface area (Å²) < 4.78 is 0. The van der Waals surface area contributed by atoms with Crippen LogP contribution in [0.1, 0.15) is 36.2 Å². The molecule has 3 N–H and O–H groups in total. The number of nitrogens with zero attached hydrogens (tertiary/aromatic N) is 3. The molecule has 0 bridgehead atoms. The molecule has 29 heavy (non-hydrogen) atoms. The third-order valence-corrected chi connectivity index (χ3v) is 4.32. The van der Waals surface area contributed by atoms with Gasteiger partial charge >= 0.3 is 0 Å². The lowest BCUT2D eigenvalue weighted by atomic mass is 10.1. The second-order valence-corrected chi connectivity index (χ2v) is 7.81. The van der Waals surface area contributed by atoms with Crippen molar-refractivity contribution >= 4 is 17.7 Å². The summed E-state index contributed by atoms with van der Waals surface area (Å²) in [7, 11) is 4.10. The number of hydrogen-bond donors (Lipinski definition) is 3. The van der Waals surface area contributed by atoms with Crippen molar-refractivity contribution in [1.82, 2.24) is 20.2 Å². The minimum Gasteiger partial charge on any atom is -0.369 e. The Balaban J connectivity index is 2.04. The molecule has 1 aromatic heterocycles. The van der Waals surface area contributed by atoms with Gasteiger partial charge in [-0.1, -0.05) is 44.2 Å². The van der Waals surface area contributed by atoms with Crippen molar-refractivity contribution in [1.29, 1.82) is 0 Å². The van der Waals surface area contributed by atoms with Gasteiger partial charge < -0.3 is 20.9 Å². The molecule has 0 unspecified atom stereocenters. The molecular formula is C22H34N6O. The molecule has 0 atom stereocenters. The Hall–Kier alpha value is -2.67. The molecule has 2 rings (SSSR count). The summed E-state index contributed by atoms with van der Waals surface area (Å²) in [6, 6.07) is 10.2. The third kappa shape index (κ3) is 8.48. The molecule has 0 fully saturated rings. The summed E-state index contributed by atoms with van der Waals surface area (Å²) in [6.07, 6.45) is 3.44. The minimum atomic E-state index is -0.153. The van der Waals surface area contributed by atoms with E-state index >= 15 is 0 Å². The minimum absolute atomic E-state index is 0.153. The summed E-state index contributed by atoms with van der Waals surface area (Å²) in [5, 5.41) is 9.51. The van der Waals surface area contributed by atoms with Crippen LogP contribution in [0.2, 0.25) is 0 Å². The standard InChI is InChI=1S/C22H34N6O/c1-17(2)15-25-21(29)19-16-26-22(24-12-8-14-28(3)4)27-20(19)23-13-11-18-9-6-5-7-10-18/h5-7,9-10,16-17H,8,11-15H2,1-4H3,(H,25,29)(H2,23,24,26,27). The second kappa shape index (κ2) is 12.0. The zero-order valence-electron chi connectivity index (χ0n) is 18.0. The first-order chi connectivity index (χ1) is 14.0. The highest BCUT2D eigenvalue weighted by Gasteiger charge is 2.15. The zero-order valence-corrected chi connectivity index (χ0v) is 18.0. The lowest BCUT2D eigenvalue weighted by molar-refractivity contribution is 0.0949. The number of carbonyl (C=O) groups excluding carboxylic acids is 1. The first-order valence-electron chi connectivity index (χ1n) is 10.3. The predicted molar refractivity (Wildman–Crippen MR) is 119 cm³/mol. The van der Waals surface area contributed by atoms with E-state index in [0.717, 1.165) is 25.9 Å². The van der Waals surface area contributed by atoms with Crippen LogP contribution in [0.5, 0.6) is 0 Å². The highest BCUT2D eigenvalue weighted by Crippen LogP contribution is 2.15. The van der Waals surface area contributed by atoms with E-state index in [1.54, 1.807) is 6.20 Å². The van der Waals surface area contributed by atoms with Gasteiger partial charge in [0.15, 0.2) is 0 Å². The van der Waals surface area contributed by atoms with E-state index in [2.05, 4.69) is 70.9 Å². The van der Waals surface area contributed by atoms with Crippen molar-refractivity contribution in [2.75, 3.05) is 50.9 Å². The molecule has 158 valence electrons. The van der Waals surface area contributed by atoms with E-state index < -0.39 is 0 Å². The average molecular weight is 399 g/mol. The Kier molecular flexibility index (Phi) is 9.37. The van der Waals surface area contributed by atoms with E-state index in [-0.39, 0.29) is 5.91 Å². The Morgan fingerprint density at radius 1 is 1.10 bits per heavy atom. The molecule has 0 radical (unpaired) electrons. The molecule has 1 aromatic carbocycles. The lowest BCUT2D eigenvalue weighted by Gasteiger charge is -2.14. The van der Waals surface area contributed by atoms with Gasteiger partial charge in [0.1, 0.15) is 11.4 Å². The molecule has 1 heterocycles. The van der Waals surface area contributed by atoms with E-state index in [9.17, 15) is 4.79 Å². The number of anilines is 2. The largest absolute Gasteiger partial charge is 0.369 e. The van der Waals surface area contributed by atoms with Gasteiger partial charge in [-0.3, -0.25) is 4.79 Å². The molecule has 0 saturated heterocycles. The van der Waals surface area contributed by atoms with Crippen molar-refractivity contribution in [2.45, 2.75) is 26.7 Å². The molecule has 2 aromatic rings. The van der Waals surface area contributed by atoms with Crippen molar-refractivity contribution < 1.29 is 4.79 Å². The molecule has 7 nitrogen and oxygen atoms in total. The Bertz CT molecular complexity index is 748. The molecule has 7 heteroatoms. The van der Waals surface area contributed by atoms with Gasteiger partial charge in [-0.05, 0) is 45.0 Å². The molecule has 0 saturated carbocycles. The van der Waals surface area contributed by atoms with Crippen LogP contribution >= 0.6 is 0 Å². The zero-order chi connectivity index (χ0) is 21.1. The van der Waals surface area contributed by atoms with Crippen molar-refractivity contribution in [3.63, 3.8) is 0 Å². The highest BCUT2D eigenvalue weighted by atomic mass is 16.1. The maximum absolute atomic E-state index is 12.6. The van der Waals surface area contributed by atoms with Gasteiger partial charge in [0, 0.05) is 25.8 Å². The smallest absolute Gasteiger partial charge is 0.256 e. The van der Waals surface area contributed by atoms with Gasteiger partial charge in [-0.15, -0.1) is 0 Å². The highest BCUT2D eigenvalue weighted by molar-refractivity contribution is 5.98. The predicted octanol–water partition coefficient (Wildman–Crippen LogP) is 2.88. The topological polar surface area (TPSA) is 82.2 Å². The van der Waals surface area contributed by atoms with E-state index in [1.807, 2.05) is 18.2 Å². The first kappa shape index (κ1) is 22.6. The van der Waals surface area contributed by atoms with Gasteiger partial charge in [0.2, 0.25) is 5.95 Å². The third-order valence-electron chi connectivity index (χ3n) is 4.32. The van der Waals surface area contributed by atoms with Crippen LogP contribution in [-0.4, -0.2) is 61.0 Å². The summed E-state index contributed by atoms with van der Waals surface area (Å²) in [4.78, 5) is 23.6. The molecule has 1 amide bonds. The maximum Gasteiger partial charge on any atom is 0.256 e. The molecule has 0 aliphatic heterocycles. The van der Waals surface area contributed by atoms with Crippen LogP contribution in [-0.2, 0) is 6.42 Å².